The second kappa shape index (κ2) is 8.20. The molecule has 1 aliphatic carbocycles. The second-order valence-electron chi connectivity index (χ2n) is 6.41. The predicted octanol–water partition coefficient (Wildman–Crippen LogP) is 1.89. The third-order valence-electron chi connectivity index (χ3n) is 4.42. The molecular formula is C19H21FN4O4. The van der Waals surface area contributed by atoms with Gasteiger partial charge in [-0.1, -0.05) is 0 Å². The molecule has 1 atom stereocenters. The van der Waals surface area contributed by atoms with Crippen molar-refractivity contribution in [2.24, 2.45) is 0 Å². The van der Waals surface area contributed by atoms with E-state index in [9.17, 15) is 18.8 Å². The summed E-state index contributed by atoms with van der Waals surface area (Å²) in [4.78, 5) is 36.0. The van der Waals surface area contributed by atoms with Crippen molar-refractivity contribution in [1.82, 2.24) is 20.4 Å². The van der Waals surface area contributed by atoms with Gasteiger partial charge in [-0.3, -0.25) is 10.1 Å². The van der Waals surface area contributed by atoms with E-state index in [1.54, 1.807) is 23.7 Å². The minimum atomic E-state index is -1.16. The Kier molecular flexibility index (Phi) is 5.72. The number of amides is 3. The summed E-state index contributed by atoms with van der Waals surface area (Å²) in [6.45, 7) is 3.45. The molecule has 2 aromatic rings. The van der Waals surface area contributed by atoms with E-state index in [1.165, 1.54) is 19.1 Å². The fourth-order valence-electron chi connectivity index (χ4n) is 3.09. The summed E-state index contributed by atoms with van der Waals surface area (Å²) in [6.07, 6.45) is 1.10. The first-order valence-electron chi connectivity index (χ1n) is 9.07. The number of carbonyl (C=O) groups excluding carboxylic acids is 3. The van der Waals surface area contributed by atoms with Crippen LogP contribution in [0.3, 0.4) is 0 Å². The zero-order valence-electron chi connectivity index (χ0n) is 15.6. The molecule has 3 amide bonds. The topological polar surface area (TPSA) is 102 Å². The lowest BCUT2D eigenvalue weighted by molar-refractivity contribution is -0.127. The summed E-state index contributed by atoms with van der Waals surface area (Å²) >= 11 is 0. The summed E-state index contributed by atoms with van der Waals surface area (Å²) in [7, 11) is 0. The summed E-state index contributed by atoms with van der Waals surface area (Å²) in [5.41, 5.74) is 2.42. The minimum absolute atomic E-state index is 0.134. The Morgan fingerprint density at radius 1 is 1.25 bits per heavy atom. The first kappa shape index (κ1) is 19.5. The van der Waals surface area contributed by atoms with E-state index < -0.39 is 24.0 Å². The van der Waals surface area contributed by atoms with Crippen LogP contribution in [0.1, 0.15) is 42.0 Å². The molecule has 0 radical (unpaired) electrons. The van der Waals surface area contributed by atoms with Gasteiger partial charge in [-0.25, -0.2) is 18.7 Å². The van der Waals surface area contributed by atoms with Crippen LogP contribution in [0.25, 0.3) is 5.69 Å². The van der Waals surface area contributed by atoms with Crippen molar-refractivity contribution in [3.63, 3.8) is 0 Å². The number of urea groups is 1. The first-order chi connectivity index (χ1) is 13.4. The lowest BCUT2D eigenvalue weighted by Gasteiger charge is -2.12. The summed E-state index contributed by atoms with van der Waals surface area (Å²) < 4.78 is 20.0. The highest BCUT2D eigenvalue weighted by Crippen LogP contribution is 2.28. The minimum Gasteiger partial charge on any atom is -0.448 e. The van der Waals surface area contributed by atoms with Crippen LogP contribution in [0.4, 0.5) is 9.18 Å². The van der Waals surface area contributed by atoms with E-state index in [4.69, 9.17) is 4.74 Å². The molecule has 0 spiro atoms. The van der Waals surface area contributed by atoms with E-state index in [0.717, 1.165) is 24.1 Å². The van der Waals surface area contributed by atoms with Crippen LogP contribution in [0, 0.1) is 5.82 Å². The zero-order valence-corrected chi connectivity index (χ0v) is 15.6. The van der Waals surface area contributed by atoms with Crippen molar-refractivity contribution in [1.29, 1.82) is 0 Å². The highest BCUT2D eigenvalue weighted by molar-refractivity contribution is 5.98. The number of aromatic nitrogens is 2. The molecule has 0 unspecified atom stereocenters. The molecule has 148 valence electrons. The largest absolute Gasteiger partial charge is 0.448 e. The summed E-state index contributed by atoms with van der Waals surface area (Å²) in [6, 6.07) is 5.15. The zero-order chi connectivity index (χ0) is 20.3. The van der Waals surface area contributed by atoms with E-state index >= 15 is 0 Å². The van der Waals surface area contributed by atoms with Crippen LogP contribution in [0.15, 0.2) is 24.3 Å². The fourth-order valence-corrected chi connectivity index (χ4v) is 3.09. The molecule has 8 nitrogen and oxygen atoms in total. The average molecular weight is 388 g/mol. The number of halogens is 1. The molecule has 1 heterocycles. The van der Waals surface area contributed by atoms with Crippen molar-refractivity contribution in [2.75, 3.05) is 6.54 Å². The van der Waals surface area contributed by atoms with Crippen LogP contribution < -0.4 is 10.6 Å². The molecular weight excluding hydrogens is 367 g/mol. The number of hydrogen-bond acceptors (Lipinski definition) is 5. The summed E-state index contributed by atoms with van der Waals surface area (Å²) in [5.74, 6) is -1.83. The van der Waals surface area contributed by atoms with Gasteiger partial charge in [0.25, 0.3) is 5.91 Å². The quantitative estimate of drug-likeness (QED) is 0.762. The maximum absolute atomic E-state index is 13.2. The van der Waals surface area contributed by atoms with Gasteiger partial charge in [0.1, 0.15) is 5.82 Å². The van der Waals surface area contributed by atoms with Gasteiger partial charge in [0.2, 0.25) is 0 Å². The predicted molar refractivity (Wildman–Crippen MR) is 97.6 cm³/mol. The Labute approximate surface area is 161 Å². The van der Waals surface area contributed by atoms with Gasteiger partial charge in [-0.15, -0.1) is 0 Å². The molecule has 1 aromatic heterocycles. The summed E-state index contributed by atoms with van der Waals surface area (Å²) in [5, 5.41) is 8.86. The Hall–Kier alpha value is -3.23. The number of fused-ring (bicyclic) bond motifs is 1. The van der Waals surface area contributed by atoms with Crippen LogP contribution in [0.2, 0.25) is 0 Å². The number of esters is 1. The molecule has 1 aromatic carbocycles. The number of rotatable bonds is 5. The van der Waals surface area contributed by atoms with E-state index in [0.29, 0.717) is 18.7 Å². The van der Waals surface area contributed by atoms with Crippen LogP contribution in [0.5, 0.6) is 0 Å². The van der Waals surface area contributed by atoms with Crippen LogP contribution in [-0.4, -0.2) is 40.3 Å². The van der Waals surface area contributed by atoms with Crippen molar-refractivity contribution in [2.45, 2.75) is 39.2 Å². The molecule has 3 rings (SSSR count). The lowest BCUT2D eigenvalue weighted by Crippen LogP contribution is -2.44. The van der Waals surface area contributed by atoms with Gasteiger partial charge < -0.3 is 10.1 Å². The molecule has 0 saturated heterocycles. The molecule has 28 heavy (non-hydrogen) atoms. The van der Waals surface area contributed by atoms with Gasteiger partial charge in [-0.2, -0.15) is 5.10 Å². The van der Waals surface area contributed by atoms with Crippen molar-refractivity contribution in [3.05, 3.63) is 47.0 Å². The van der Waals surface area contributed by atoms with Gasteiger partial charge >= 0.3 is 12.0 Å². The highest BCUT2D eigenvalue weighted by Gasteiger charge is 2.30. The second-order valence-corrected chi connectivity index (χ2v) is 6.41. The van der Waals surface area contributed by atoms with Crippen molar-refractivity contribution >= 4 is 17.9 Å². The number of carbonyl (C=O) groups is 3. The normalized spacial score (nSPS) is 13.5. The van der Waals surface area contributed by atoms with Gasteiger partial charge in [0.15, 0.2) is 11.8 Å². The average Bonchev–Trinajstić information content (AvgIpc) is 3.25. The number of hydrogen-bond donors (Lipinski definition) is 2. The monoisotopic (exact) mass is 388 g/mol. The van der Waals surface area contributed by atoms with Gasteiger partial charge in [0, 0.05) is 17.8 Å². The Balaban J connectivity index is 1.77. The maximum Gasteiger partial charge on any atom is 0.359 e. The van der Waals surface area contributed by atoms with Crippen molar-refractivity contribution < 1.29 is 23.5 Å². The molecule has 0 bridgehead atoms. The standard InChI is InChI=1S/C19H21FN4O4/c1-3-21-19(27)22-17(25)11(2)28-18(26)16-14-5-4-6-15(14)24(23-16)13-9-7-12(20)8-10-13/h7-11H,3-6H2,1-2H3,(H2,21,22,25,27)/t11-/m0/s1. The van der Waals surface area contributed by atoms with Gasteiger partial charge in [0.05, 0.1) is 5.69 Å². The molecule has 0 fully saturated rings. The molecule has 0 saturated carbocycles. The number of ether oxygens (including phenoxy) is 1. The third kappa shape index (κ3) is 4.03. The fraction of sp³-hybridized carbons (Fsp3) is 0.368. The maximum atomic E-state index is 13.2. The molecule has 9 heteroatoms. The Morgan fingerprint density at radius 2 is 1.96 bits per heavy atom. The highest BCUT2D eigenvalue weighted by atomic mass is 19.1. The van der Waals surface area contributed by atoms with E-state index in [2.05, 4.69) is 15.7 Å². The first-order valence-corrected chi connectivity index (χ1v) is 9.07. The van der Waals surface area contributed by atoms with Crippen LogP contribution >= 0.6 is 0 Å². The Bertz CT molecular complexity index is 907. The SMILES string of the molecule is CCNC(=O)NC(=O)[C@H](C)OC(=O)c1nn(-c2ccc(F)cc2)c2c1CCC2. The lowest BCUT2D eigenvalue weighted by atomic mass is 10.2. The third-order valence-corrected chi connectivity index (χ3v) is 4.42. The number of nitrogens with zero attached hydrogens (tertiary/aromatic N) is 2. The molecule has 2 N–H and O–H groups in total. The van der Waals surface area contributed by atoms with E-state index in [-0.39, 0.29) is 11.5 Å². The Morgan fingerprint density at radius 3 is 2.64 bits per heavy atom. The van der Waals surface area contributed by atoms with E-state index in [1.807, 2.05) is 0 Å². The molecule has 0 aliphatic heterocycles. The van der Waals surface area contributed by atoms with Crippen LogP contribution in [-0.2, 0) is 22.4 Å². The van der Waals surface area contributed by atoms with Gasteiger partial charge in [-0.05, 0) is 57.4 Å². The molecule has 1 aliphatic rings. The number of benzene rings is 1. The number of imide groups is 1. The number of nitrogens with one attached hydrogen (secondary N) is 2. The van der Waals surface area contributed by atoms with Crippen molar-refractivity contribution in [3.8, 4) is 5.69 Å². The smallest absolute Gasteiger partial charge is 0.359 e.